The van der Waals surface area contributed by atoms with Crippen molar-refractivity contribution in [3.63, 3.8) is 0 Å². The molecule has 0 spiro atoms. The van der Waals surface area contributed by atoms with Crippen LogP contribution in [0.25, 0.3) is 5.57 Å². The molecule has 138 valence electrons. The third-order valence-corrected chi connectivity index (χ3v) is 5.37. The lowest BCUT2D eigenvalue weighted by Gasteiger charge is -2.22. The van der Waals surface area contributed by atoms with Crippen molar-refractivity contribution in [1.82, 2.24) is 0 Å². The Bertz CT molecular complexity index is 1040. The summed E-state index contributed by atoms with van der Waals surface area (Å²) in [6, 6.07) is 29.5. The second kappa shape index (κ2) is 7.74. The van der Waals surface area contributed by atoms with E-state index in [-0.39, 0.29) is 5.41 Å². The molecule has 0 fully saturated rings. The number of hydrogen-bond donors (Lipinski definition) is 1. The molecule has 1 unspecified atom stereocenters. The molecule has 3 aromatic rings. The number of allylic oxidation sites excluding steroid dienone is 6. The second-order valence-corrected chi connectivity index (χ2v) is 7.45. The van der Waals surface area contributed by atoms with Crippen LogP contribution >= 0.6 is 0 Å². The zero-order valence-corrected chi connectivity index (χ0v) is 16.4. The lowest BCUT2D eigenvalue weighted by Crippen LogP contribution is -2.14. The summed E-state index contributed by atoms with van der Waals surface area (Å²) in [7, 11) is 0. The van der Waals surface area contributed by atoms with E-state index in [1.807, 2.05) is 6.07 Å². The van der Waals surface area contributed by atoms with E-state index in [1.165, 1.54) is 22.3 Å². The van der Waals surface area contributed by atoms with Gasteiger partial charge >= 0.3 is 0 Å². The summed E-state index contributed by atoms with van der Waals surface area (Å²) in [6.07, 6.45) is 9.13. The fourth-order valence-electron chi connectivity index (χ4n) is 3.63. The summed E-state index contributed by atoms with van der Waals surface area (Å²) >= 11 is 0. The number of rotatable bonds is 4. The summed E-state index contributed by atoms with van der Waals surface area (Å²) in [5.74, 6) is 0. The highest BCUT2D eigenvalue weighted by atomic mass is 14.9. The normalized spacial score (nSPS) is 18.8. The van der Waals surface area contributed by atoms with Gasteiger partial charge < -0.3 is 5.32 Å². The maximum atomic E-state index is 3.57. The molecular weight excluding hydrogens is 338 g/mol. The molecule has 3 aromatic carbocycles. The van der Waals surface area contributed by atoms with Crippen LogP contribution in [0.4, 0.5) is 11.4 Å². The molecule has 1 aliphatic rings. The van der Waals surface area contributed by atoms with E-state index in [9.17, 15) is 0 Å². The van der Waals surface area contributed by atoms with Crippen LogP contribution in [0.1, 0.15) is 25.0 Å². The van der Waals surface area contributed by atoms with Gasteiger partial charge in [-0.3, -0.25) is 0 Å². The first-order valence-corrected chi connectivity index (χ1v) is 9.72. The molecule has 0 amide bonds. The predicted octanol–water partition coefficient (Wildman–Crippen LogP) is 7.29. The minimum atomic E-state index is -0.119. The monoisotopic (exact) mass is 363 g/mol. The molecular formula is C27H25N. The lowest BCUT2D eigenvalue weighted by molar-refractivity contribution is 0.759. The highest BCUT2D eigenvalue weighted by Gasteiger charge is 2.22. The Balaban J connectivity index is 1.72. The molecule has 0 heterocycles. The molecule has 1 atom stereocenters. The average Bonchev–Trinajstić information content (AvgIpc) is 2.90. The van der Waals surface area contributed by atoms with E-state index >= 15 is 0 Å². The average molecular weight is 364 g/mol. The van der Waals surface area contributed by atoms with E-state index < -0.39 is 0 Å². The summed E-state index contributed by atoms with van der Waals surface area (Å²) in [5, 5.41) is 3.57. The molecule has 1 nitrogen and oxygen atoms in total. The van der Waals surface area contributed by atoms with Crippen molar-refractivity contribution in [2.24, 2.45) is 0 Å². The summed E-state index contributed by atoms with van der Waals surface area (Å²) in [6.45, 7) is 4.45. The molecule has 1 heteroatoms. The van der Waals surface area contributed by atoms with Gasteiger partial charge in [-0.1, -0.05) is 91.0 Å². The van der Waals surface area contributed by atoms with Crippen LogP contribution in [0.15, 0.2) is 115 Å². The third kappa shape index (κ3) is 3.70. The van der Waals surface area contributed by atoms with Crippen molar-refractivity contribution in [2.75, 3.05) is 5.32 Å². The minimum Gasteiger partial charge on any atom is -0.355 e. The predicted molar refractivity (Wildman–Crippen MR) is 121 cm³/mol. The van der Waals surface area contributed by atoms with Crippen LogP contribution in [-0.2, 0) is 5.41 Å². The van der Waals surface area contributed by atoms with Crippen LogP contribution in [0.3, 0.4) is 0 Å². The van der Waals surface area contributed by atoms with Gasteiger partial charge in [0.05, 0.1) is 0 Å². The Hall–Kier alpha value is -3.32. The van der Waals surface area contributed by atoms with Crippen molar-refractivity contribution >= 4 is 16.9 Å². The first-order valence-electron chi connectivity index (χ1n) is 9.72. The fraction of sp³-hybridized carbons (Fsp3) is 0.111. The Kier molecular flexibility index (Phi) is 4.99. The van der Waals surface area contributed by atoms with Gasteiger partial charge in [-0.25, -0.2) is 0 Å². The van der Waals surface area contributed by atoms with Crippen LogP contribution in [0, 0.1) is 0 Å². The molecule has 28 heavy (non-hydrogen) atoms. The maximum Gasteiger partial charge on any atom is 0.0464 e. The standard InChI is InChI=1S/C27H25N/c1-21-17-19-27(2,22-11-5-3-6-12-22)20-18-24(21)25-15-9-10-16-26(25)28-23-13-7-4-8-14-23/h3-20,28H,1-2H3. The molecule has 0 saturated carbocycles. The first kappa shape index (κ1) is 18.1. The molecule has 1 N–H and O–H groups in total. The van der Waals surface area contributed by atoms with E-state index in [2.05, 4.69) is 122 Å². The van der Waals surface area contributed by atoms with Crippen molar-refractivity contribution in [3.8, 4) is 0 Å². The number of anilines is 2. The maximum absolute atomic E-state index is 3.57. The van der Waals surface area contributed by atoms with Crippen LogP contribution in [0.5, 0.6) is 0 Å². The Morgan fingerprint density at radius 1 is 0.679 bits per heavy atom. The van der Waals surface area contributed by atoms with Crippen LogP contribution < -0.4 is 5.32 Å². The van der Waals surface area contributed by atoms with Crippen LogP contribution in [-0.4, -0.2) is 0 Å². The molecule has 0 aromatic heterocycles. The van der Waals surface area contributed by atoms with Gasteiger partial charge in [0.1, 0.15) is 0 Å². The number of hydrogen-bond acceptors (Lipinski definition) is 1. The van der Waals surface area contributed by atoms with Gasteiger partial charge in [0.2, 0.25) is 0 Å². The van der Waals surface area contributed by atoms with Crippen LogP contribution in [0.2, 0.25) is 0 Å². The SMILES string of the molecule is CC1=C(c2ccccc2Nc2ccccc2)C=CC(C)(c2ccccc2)C=C1. The van der Waals surface area contributed by atoms with Gasteiger partial charge in [-0.05, 0) is 48.8 Å². The topological polar surface area (TPSA) is 12.0 Å². The van der Waals surface area contributed by atoms with Gasteiger partial charge in [-0.15, -0.1) is 0 Å². The van der Waals surface area contributed by atoms with Crippen molar-refractivity contribution in [2.45, 2.75) is 19.3 Å². The molecule has 4 rings (SSSR count). The number of nitrogens with one attached hydrogen (secondary N) is 1. The second-order valence-electron chi connectivity index (χ2n) is 7.45. The van der Waals surface area contributed by atoms with Gasteiger partial charge in [0.15, 0.2) is 0 Å². The first-order chi connectivity index (χ1) is 13.7. The smallest absolute Gasteiger partial charge is 0.0464 e. The van der Waals surface area contributed by atoms with Gasteiger partial charge in [0, 0.05) is 22.4 Å². The molecule has 0 bridgehead atoms. The number of para-hydroxylation sites is 2. The summed E-state index contributed by atoms with van der Waals surface area (Å²) in [4.78, 5) is 0. The Morgan fingerprint density at radius 3 is 2.04 bits per heavy atom. The summed E-state index contributed by atoms with van der Waals surface area (Å²) in [5.41, 5.74) is 7.11. The summed E-state index contributed by atoms with van der Waals surface area (Å²) < 4.78 is 0. The van der Waals surface area contributed by atoms with E-state index in [1.54, 1.807) is 0 Å². The van der Waals surface area contributed by atoms with Crippen molar-refractivity contribution in [3.05, 3.63) is 126 Å². The fourth-order valence-corrected chi connectivity index (χ4v) is 3.63. The van der Waals surface area contributed by atoms with Gasteiger partial charge in [0.25, 0.3) is 0 Å². The third-order valence-electron chi connectivity index (χ3n) is 5.37. The molecule has 1 aliphatic carbocycles. The van der Waals surface area contributed by atoms with Crippen molar-refractivity contribution < 1.29 is 0 Å². The zero-order chi connectivity index (χ0) is 19.4. The molecule has 0 saturated heterocycles. The van der Waals surface area contributed by atoms with E-state index in [0.717, 1.165) is 11.4 Å². The minimum absolute atomic E-state index is 0.119. The van der Waals surface area contributed by atoms with E-state index in [0.29, 0.717) is 0 Å². The molecule has 0 aliphatic heterocycles. The Morgan fingerprint density at radius 2 is 1.29 bits per heavy atom. The van der Waals surface area contributed by atoms with Crippen molar-refractivity contribution in [1.29, 1.82) is 0 Å². The number of benzene rings is 3. The lowest BCUT2D eigenvalue weighted by atomic mass is 9.82. The molecule has 0 radical (unpaired) electrons. The highest BCUT2D eigenvalue weighted by Crippen LogP contribution is 2.36. The highest BCUT2D eigenvalue weighted by molar-refractivity contribution is 5.87. The largest absolute Gasteiger partial charge is 0.355 e. The Labute approximate surface area is 167 Å². The van der Waals surface area contributed by atoms with Gasteiger partial charge in [-0.2, -0.15) is 0 Å². The van der Waals surface area contributed by atoms with E-state index in [4.69, 9.17) is 0 Å². The quantitative estimate of drug-likeness (QED) is 0.513. The zero-order valence-electron chi connectivity index (χ0n) is 16.4.